The normalized spacial score (nSPS) is 9.83. The summed E-state index contributed by atoms with van der Waals surface area (Å²) in [5.41, 5.74) is 2.25. The standard InChI is InChI=1S/C14H16ClNO2/c1-2-18-14(17)13-10-11(4-3-8-15)5-6-12(13)7-9-16/h5-6,10H,2-4,7-8H2,1H3. The Labute approximate surface area is 112 Å². The molecule has 0 aliphatic rings. The molecule has 0 radical (unpaired) electrons. The third-order valence-electron chi connectivity index (χ3n) is 2.54. The Balaban J connectivity index is 2.99. The molecule has 1 aromatic carbocycles. The molecule has 0 saturated carbocycles. The maximum absolute atomic E-state index is 11.8. The number of nitrogens with zero attached hydrogens (tertiary/aromatic N) is 1. The zero-order valence-electron chi connectivity index (χ0n) is 10.4. The number of alkyl halides is 1. The second-order valence-electron chi connectivity index (χ2n) is 3.84. The van der Waals surface area contributed by atoms with Crippen LogP contribution in [0.5, 0.6) is 0 Å². The second kappa shape index (κ2) is 7.73. The van der Waals surface area contributed by atoms with Crippen LogP contribution in [-0.2, 0) is 17.6 Å². The monoisotopic (exact) mass is 265 g/mol. The van der Waals surface area contributed by atoms with Crippen LogP contribution >= 0.6 is 11.6 Å². The van der Waals surface area contributed by atoms with E-state index < -0.39 is 0 Å². The summed E-state index contributed by atoms with van der Waals surface area (Å²) in [6, 6.07) is 7.61. The smallest absolute Gasteiger partial charge is 0.338 e. The Morgan fingerprint density at radius 3 is 2.89 bits per heavy atom. The van der Waals surface area contributed by atoms with Gasteiger partial charge in [0.25, 0.3) is 0 Å². The lowest BCUT2D eigenvalue weighted by Gasteiger charge is -2.09. The molecule has 0 aliphatic heterocycles. The zero-order chi connectivity index (χ0) is 13.4. The van der Waals surface area contributed by atoms with Crippen LogP contribution in [0.25, 0.3) is 0 Å². The highest BCUT2D eigenvalue weighted by Crippen LogP contribution is 2.16. The first-order valence-electron chi connectivity index (χ1n) is 5.94. The highest BCUT2D eigenvalue weighted by Gasteiger charge is 2.13. The van der Waals surface area contributed by atoms with Crippen molar-refractivity contribution in [3.63, 3.8) is 0 Å². The predicted molar refractivity (Wildman–Crippen MR) is 70.8 cm³/mol. The van der Waals surface area contributed by atoms with Crippen molar-refractivity contribution in [2.24, 2.45) is 0 Å². The molecule has 96 valence electrons. The van der Waals surface area contributed by atoms with E-state index in [1.54, 1.807) is 13.0 Å². The largest absolute Gasteiger partial charge is 0.462 e. The molecule has 18 heavy (non-hydrogen) atoms. The summed E-state index contributed by atoms with van der Waals surface area (Å²) in [4.78, 5) is 11.8. The number of hydrogen-bond acceptors (Lipinski definition) is 3. The molecule has 0 aromatic heterocycles. The van der Waals surface area contributed by atoms with Gasteiger partial charge < -0.3 is 4.74 Å². The van der Waals surface area contributed by atoms with Gasteiger partial charge in [0.05, 0.1) is 24.7 Å². The number of carbonyl (C=O) groups is 1. The van der Waals surface area contributed by atoms with E-state index in [0.29, 0.717) is 23.6 Å². The van der Waals surface area contributed by atoms with Crippen LogP contribution in [-0.4, -0.2) is 18.5 Å². The summed E-state index contributed by atoms with van der Waals surface area (Å²) in [5.74, 6) is 0.227. The molecule has 0 bridgehead atoms. The maximum Gasteiger partial charge on any atom is 0.338 e. The van der Waals surface area contributed by atoms with Gasteiger partial charge >= 0.3 is 5.97 Å². The van der Waals surface area contributed by atoms with Crippen LogP contribution < -0.4 is 0 Å². The van der Waals surface area contributed by atoms with Crippen molar-refractivity contribution in [2.45, 2.75) is 26.2 Å². The first-order valence-corrected chi connectivity index (χ1v) is 6.48. The quantitative estimate of drug-likeness (QED) is 0.587. The predicted octanol–water partition coefficient (Wildman–Crippen LogP) is 3.10. The van der Waals surface area contributed by atoms with Gasteiger partial charge in [0.2, 0.25) is 0 Å². The summed E-state index contributed by atoms with van der Waals surface area (Å²) in [7, 11) is 0. The van der Waals surface area contributed by atoms with E-state index >= 15 is 0 Å². The van der Waals surface area contributed by atoms with Crippen molar-refractivity contribution in [2.75, 3.05) is 12.5 Å². The van der Waals surface area contributed by atoms with Crippen LogP contribution in [0.2, 0.25) is 0 Å². The summed E-state index contributed by atoms with van der Waals surface area (Å²) in [6.07, 6.45) is 1.90. The van der Waals surface area contributed by atoms with E-state index in [4.69, 9.17) is 21.6 Å². The van der Waals surface area contributed by atoms with Gasteiger partial charge in [-0.25, -0.2) is 4.79 Å². The zero-order valence-corrected chi connectivity index (χ0v) is 11.2. The van der Waals surface area contributed by atoms with Gasteiger partial charge in [0.15, 0.2) is 0 Å². The molecule has 3 nitrogen and oxygen atoms in total. The molecule has 0 saturated heterocycles. The summed E-state index contributed by atoms with van der Waals surface area (Å²) in [6.45, 7) is 2.09. The minimum Gasteiger partial charge on any atom is -0.462 e. The third kappa shape index (κ3) is 4.05. The first kappa shape index (κ1) is 14.5. The molecule has 1 aromatic rings. The Hall–Kier alpha value is -1.53. The number of esters is 1. The topological polar surface area (TPSA) is 50.1 Å². The van der Waals surface area contributed by atoms with Crippen molar-refractivity contribution < 1.29 is 9.53 Å². The van der Waals surface area contributed by atoms with Crippen molar-refractivity contribution in [1.82, 2.24) is 0 Å². The molecule has 0 N–H and O–H groups in total. The number of aryl methyl sites for hydroxylation is 1. The minimum absolute atomic E-state index is 0.212. The fourth-order valence-corrected chi connectivity index (χ4v) is 1.82. The van der Waals surface area contributed by atoms with Gasteiger partial charge in [-0.1, -0.05) is 12.1 Å². The van der Waals surface area contributed by atoms with E-state index in [0.717, 1.165) is 18.4 Å². The molecular weight excluding hydrogens is 250 g/mol. The summed E-state index contributed by atoms with van der Waals surface area (Å²) >= 11 is 5.65. The number of halogens is 1. The van der Waals surface area contributed by atoms with Crippen LogP contribution in [0, 0.1) is 11.3 Å². The molecule has 1 rings (SSSR count). The van der Waals surface area contributed by atoms with Gasteiger partial charge in [0, 0.05) is 5.88 Å². The Kier molecular flexibility index (Phi) is 6.24. The van der Waals surface area contributed by atoms with Gasteiger partial charge in [0.1, 0.15) is 0 Å². The third-order valence-corrected chi connectivity index (χ3v) is 2.81. The average Bonchev–Trinajstić information content (AvgIpc) is 2.38. The number of carbonyl (C=O) groups excluding carboxylic acids is 1. The fraction of sp³-hybridized carbons (Fsp3) is 0.429. The number of hydrogen-bond donors (Lipinski definition) is 0. The highest BCUT2D eigenvalue weighted by atomic mass is 35.5. The molecule has 0 spiro atoms. The Morgan fingerprint density at radius 2 is 2.28 bits per heavy atom. The number of rotatable bonds is 6. The van der Waals surface area contributed by atoms with E-state index in [1.807, 2.05) is 12.1 Å². The highest BCUT2D eigenvalue weighted by molar-refractivity contribution is 6.17. The minimum atomic E-state index is -0.365. The van der Waals surface area contributed by atoms with Crippen molar-refractivity contribution >= 4 is 17.6 Å². The Bertz CT molecular complexity index is 452. The molecule has 0 amide bonds. The van der Waals surface area contributed by atoms with Crippen molar-refractivity contribution in [3.8, 4) is 6.07 Å². The molecule has 4 heteroatoms. The second-order valence-corrected chi connectivity index (χ2v) is 4.22. The number of nitriles is 1. The molecule has 0 aliphatic carbocycles. The van der Waals surface area contributed by atoms with Crippen molar-refractivity contribution in [3.05, 3.63) is 34.9 Å². The molecule has 0 unspecified atom stereocenters. The fourth-order valence-electron chi connectivity index (χ4n) is 1.69. The average molecular weight is 266 g/mol. The van der Waals surface area contributed by atoms with Crippen molar-refractivity contribution in [1.29, 1.82) is 5.26 Å². The summed E-state index contributed by atoms with van der Waals surface area (Å²) < 4.78 is 5.00. The van der Waals surface area contributed by atoms with Gasteiger partial charge in [-0.3, -0.25) is 0 Å². The van der Waals surface area contributed by atoms with Gasteiger partial charge in [-0.05, 0) is 37.0 Å². The first-order chi connectivity index (χ1) is 8.72. The van der Waals surface area contributed by atoms with Crippen LogP contribution in [0.3, 0.4) is 0 Å². The lowest BCUT2D eigenvalue weighted by atomic mass is 10.00. The molecule has 0 fully saturated rings. The molecule has 0 heterocycles. The van der Waals surface area contributed by atoms with E-state index in [1.165, 1.54) is 0 Å². The van der Waals surface area contributed by atoms with Crippen LogP contribution in [0.1, 0.15) is 34.8 Å². The Morgan fingerprint density at radius 1 is 1.50 bits per heavy atom. The van der Waals surface area contributed by atoms with Gasteiger partial charge in [-0.15, -0.1) is 11.6 Å². The lowest BCUT2D eigenvalue weighted by Crippen LogP contribution is -2.09. The molecular formula is C14H16ClNO2. The van der Waals surface area contributed by atoms with Crippen LogP contribution in [0.4, 0.5) is 0 Å². The lowest BCUT2D eigenvalue weighted by molar-refractivity contribution is 0.0525. The summed E-state index contributed by atoms with van der Waals surface area (Å²) in [5, 5.41) is 8.75. The van der Waals surface area contributed by atoms with E-state index in [-0.39, 0.29) is 12.4 Å². The number of benzene rings is 1. The number of ether oxygens (including phenoxy) is 1. The van der Waals surface area contributed by atoms with Gasteiger partial charge in [-0.2, -0.15) is 5.26 Å². The molecule has 0 atom stereocenters. The maximum atomic E-state index is 11.8. The SMILES string of the molecule is CCOC(=O)c1cc(CCCCl)ccc1CC#N. The van der Waals surface area contributed by atoms with E-state index in [9.17, 15) is 4.79 Å². The van der Waals surface area contributed by atoms with E-state index in [2.05, 4.69) is 6.07 Å². The van der Waals surface area contributed by atoms with Crippen LogP contribution in [0.15, 0.2) is 18.2 Å².